The lowest BCUT2D eigenvalue weighted by Gasteiger charge is -2.14. The average molecular weight is 291 g/mol. The lowest BCUT2D eigenvalue weighted by Crippen LogP contribution is -2.20. The highest BCUT2D eigenvalue weighted by Gasteiger charge is 2.21. The van der Waals surface area contributed by atoms with Crippen LogP contribution in [-0.4, -0.2) is 35.3 Å². The highest BCUT2D eigenvalue weighted by atomic mass is 32.2. The molecule has 0 unspecified atom stereocenters. The van der Waals surface area contributed by atoms with E-state index in [4.69, 9.17) is 4.42 Å². The summed E-state index contributed by atoms with van der Waals surface area (Å²) in [4.78, 5) is 2.97. The Morgan fingerprint density at radius 3 is 2.80 bits per heavy atom. The lowest BCUT2D eigenvalue weighted by molar-refractivity contribution is 0.352. The summed E-state index contributed by atoms with van der Waals surface area (Å²) in [5.41, 5.74) is 2.23. The number of hydrogen-bond acceptors (Lipinski definition) is 5. The van der Waals surface area contributed by atoms with Crippen LogP contribution in [0, 0.1) is 0 Å². The monoisotopic (exact) mass is 291 g/mol. The number of furan rings is 1. The van der Waals surface area contributed by atoms with Gasteiger partial charge in [-0.2, -0.15) is 0 Å². The summed E-state index contributed by atoms with van der Waals surface area (Å²) in [5.74, 6) is -0.0999. The van der Waals surface area contributed by atoms with E-state index in [0.717, 1.165) is 37.1 Å². The minimum atomic E-state index is -0.0534. The van der Waals surface area contributed by atoms with Crippen molar-refractivity contribution in [1.29, 1.82) is 0 Å². The van der Waals surface area contributed by atoms with Gasteiger partial charge in [-0.25, -0.2) is 0 Å². The summed E-state index contributed by atoms with van der Waals surface area (Å²) < 4.78 is 5.34. The Balaban J connectivity index is 2.05. The normalized spacial score (nSPS) is 15.8. The van der Waals surface area contributed by atoms with Gasteiger partial charge in [-0.05, 0) is 61.0 Å². The fourth-order valence-electron chi connectivity index (χ4n) is 2.48. The minimum Gasteiger partial charge on any atom is -0.504 e. The summed E-state index contributed by atoms with van der Waals surface area (Å²) >= 11 is 1.36. The second-order valence-corrected chi connectivity index (χ2v) is 6.06. The number of aromatic hydroxyl groups is 2. The SMILES string of the molecule is CN1CCc2cc(O)c(O)c(Sc3ccco3)c2CC1. The molecule has 1 aliphatic heterocycles. The van der Waals surface area contributed by atoms with Crippen molar-refractivity contribution in [3.05, 3.63) is 35.6 Å². The van der Waals surface area contributed by atoms with Crippen LogP contribution in [0.15, 0.2) is 38.9 Å². The maximum Gasteiger partial charge on any atom is 0.172 e. The Bertz CT molecular complexity index is 610. The quantitative estimate of drug-likeness (QED) is 0.833. The molecule has 106 valence electrons. The molecule has 20 heavy (non-hydrogen) atoms. The highest BCUT2D eigenvalue weighted by molar-refractivity contribution is 7.99. The minimum absolute atomic E-state index is 0.0466. The molecule has 1 aliphatic rings. The van der Waals surface area contributed by atoms with Crippen molar-refractivity contribution in [1.82, 2.24) is 4.90 Å². The predicted molar refractivity (Wildman–Crippen MR) is 77.5 cm³/mol. The van der Waals surface area contributed by atoms with Gasteiger partial charge in [-0.3, -0.25) is 0 Å². The van der Waals surface area contributed by atoms with E-state index >= 15 is 0 Å². The van der Waals surface area contributed by atoms with Gasteiger partial charge in [0.15, 0.2) is 16.6 Å². The van der Waals surface area contributed by atoms with Gasteiger partial charge in [-0.1, -0.05) is 0 Å². The number of fused-ring (bicyclic) bond motifs is 1. The van der Waals surface area contributed by atoms with Crippen LogP contribution < -0.4 is 0 Å². The molecule has 0 aliphatic carbocycles. The number of benzene rings is 1. The van der Waals surface area contributed by atoms with Crippen molar-refractivity contribution >= 4 is 11.8 Å². The van der Waals surface area contributed by atoms with Gasteiger partial charge >= 0.3 is 0 Å². The Morgan fingerprint density at radius 1 is 1.25 bits per heavy atom. The molecule has 4 nitrogen and oxygen atoms in total. The fourth-order valence-corrected chi connectivity index (χ4v) is 3.49. The average Bonchev–Trinajstić information content (AvgIpc) is 2.87. The fraction of sp³-hybridized carbons (Fsp3) is 0.333. The van der Waals surface area contributed by atoms with Gasteiger partial charge < -0.3 is 19.5 Å². The number of nitrogens with zero attached hydrogens (tertiary/aromatic N) is 1. The molecule has 1 aromatic heterocycles. The van der Waals surface area contributed by atoms with Crippen LogP contribution in [0.5, 0.6) is 11.5 Å². The highest BCUT2D eigenvalue weighted by Crippen LogP contribution is 2.44. The topological polar surface area (TPSA) is 56.8 Å². The third-order valence-corrected chi connectivity index (χ3v) is 4.71. The zero-order valence-corrected chi connectivity index (χ0v) is 12.1. The molecule has 2 heterocycles. The van der Waals surface area contributed by atoms with E-state index in [1.807, 2.05) is 12.1 Å². The molecule has 5 heteroatoms. The van der Waals surface area contributed by atoms with Crippen molar-refractivity contribution in [2.45, 2.75) is 22.8 Å². The lowest BCUT2D eigenvalue weighted by atomic mass is 10.0. The molecule has 0 saturated carbocycles. The van der Waals surface area contributed by atoms with Gasteiger partial charge in [0.25, 0.3) is 0 Å². The van der Waals surface area contributed by atoms with Crippen LogP contribution in [0.2, 0.25) is 0 Å². The van der Waals surface area contributed by atoms with Crippen molar-refractivity contribution in [2.24, 2.45) is 0 Å². The van der Waals surface area contributed by atoms with Crippen molar-refractivity contribution in [3.63, 3.8) is 0 Å². The van der Waals surface area contributed by atoms with Gasteiger partial charge in [0.05, 0.1) is 11.2 Å². The standard InChI is InChI=1S/C15H17NO3S/c1-16-6-4-10-9-12(17)14(18)15(11(10)5-7-16)20-13-3-2-8-19-13/h2-3,8-9,17-18H,4-7H2,1H3. The Labute approximate surface area is 122 Å². The zero-order chi connectivity index (χ0) is 14.1. The number of phenols is 2. The maximum absolute atomic E-state index is 10.2. The van der Waals surface area contributed by atoms with Crippen LogP contribution in [0.1, 0.15) is 11.1 Å². The summed E-state index contributed by atoms with van der Waals surface area (Å²) in [6.45, 7) is 1.91. The summed E-state index contributed by atoms with van der Waals surface area (Å²) in [6.07, 6.45) is 3.35. The molecule has 0 atom stereocenters. The first kappa shape index (κ1) is 13.4. The first-order chi connectivity index (χ1) is 9.65. The van der Waals surface area contributed by atoms with Gasteiger partial charge in [0.2, 0.25) is 0 Å². The third kappa shape index (κ3) is 2.51. The van der Waals surface area contributed by atoms with E-state index in [1.54, 1.807) is 12.3 Å². The third-order valence-electron chi connectivity index (χ3n) is 3.63. The van der Waals surface area contributed by atoms with Crippen molar-refractivity contribution in [2.75, 3.05) is 20.1 Å². The molecular formula is C15H17NO3S. The second-order valence-electron chi connectivity index (χ2n) is 5.05. The molecule has 0 spiro atoms. The van der Waals surface area contributed by atoms with Crippen molar-refractivity contribution < 1.29 is 14.6 Å². The van der Waals surface area contributed by atoms with Crippen LogP contribution in [0.3, 0.4) is 0 Å². The summed E-state index contributed by atoms with van der Waals surface area (Å²) in [6, 6.07) is 5.36. The van der Waals surface area contributed by atoms with Crippen LogP contribution >= 0.6 is 11.8 Å². The molecule has 3 rings (SSSR count). The second kappa shape index (κ2) is 5.42. The molecule has 1 aromatic carbocycles. The van der Waals surface area contributed by atoms with E-state index in [0.29, 0.717) is 9.99 Å². The van der Waals surface area contributed by atoms with Gasteiger partial charge in [-0.15, -0.1) is 0 Å². The summed E-state index contributed by atoms with van der Waals surface area (Å²) in [7, 11) is 2.09. The van der Waals surface area contributed by atoms with Gasteiger partial charge in [0, 0.05) is 13.1 Å². The number of rotatable bonds is 2. The van der Waals surface area contributed by atoms with Crippen molar-refractivity contribution in [3.8, 4) is 11.5 Å². The zero-order valence-electron chi connectivity index (χ0n) is 11.3. The number of hydrogen-bond donors (Lipinski definition) is 2. The predicted octanol–water partition coefficient (Wildman–Crippen LogP) is 2.87. The first-order valence-electron chi connectivity index (χ1n) is 6.61. The molecule has 0 amide bonds. The molecule has 2 N–H and O–H groups in total. The first-order valence-corrected chi connectivity index (χ1v) is 7.43. The largest absolute Gasteiger partial charge is 0.504 e. The van der Waals surface area contributed by atoms with Crippen LogP contribution in [0.25, 0.3) is 0 Å². The number of phenolic OH excluding ortho intramolecular Hbond substituents is 2. The molecule has 0 bridgehead atoms. The van der Waals surface area contributed by atoms with E-state index < -0.39 is 0 Å². The number of likely N-dealkylation sites (N-methyl/N-ethyl adjacent to an activating group) is 1. The maximum atomic E-state index is 10.2. The smallest absolute Gasteiger partial charge is 0.172 e. The van der Waals surface area contributed by atoms with Gasteiger partial charge in [0.1, 0.15) is 0 Å². The molecule has 0 saturated heterocycles. The molecule has 0 radical (unpaired) electrons. The van der Waals surface area contributed by atoms with Crippen LogP contribution in [-0.2, 0) is 12.8 Å². The Hall–Kier alpha value is -1.59. The summed E-state index contributed by atoms with van der Waals surface area (Å²) in [5, 5.41) is 20.8. The van der Waals surface area contributed by atoms with E-state index in [2.05, 4.69) is 11.9 Å². The van der Waals surface area contributed by atoms with E-state index in [-0.39, 0.29) is 11.5 Å². The molecular weight excluding hydrogens is 274 g/mol. The molecule has 2 aromatic rings. The van der Waals surface area contributed by atoms with E-state index in [9.17, 15) is 10.2 Å². The van der Waals surface area contributed by atoms with Crippen LogP contribution in [0.4, 0.5) is 0 Å². The Morgan fingerprint density at radius 2 is 2.05 bits per heavy atom. The Kier molecular flexibility index (Phi) is 3.63. The molecule has 0 fully saturated rings. The van der Waals surface area contributed by atoms with E-state index in [1.165, 1.54) is 11.8 Å².